The van der Waals surface area contributed by atoms with E-state index in [1.54, 1.807) is 6.20 Å². The lowest BCUT2D eigenvalue weighted by Crippen LogP contribution is -2.22. The van der Waals surface area contributed by atoms with Gasteiger partial charge < -0.3 is 14.6 Å². The van der Waals surface area contributed by atoms with Gasteiger partial charge in [0, 0.05) is 12.5 Å². The molecule has 0 saturated carbocycles. The molecule has 0 aliphatic heterocycles. The number of rotatable bonds is 7. The van der Waals surface area contributed by atoms with Crippen LogP contribution in [0, 0.1) is 0 Å². The van der Waals surface area contributed by atoms with Crippen LogP contribution in [0.15, 0.2) is 10.7 Å². The summed E-state index contributed by atoms with van der Waals surface area (Å²) >= 11 is 1.39. The molecule has 2 aromatic rings. The number of carbonyl (C=O) groups excluding carboxylic acids is 1. The van der Waals surface area contributed by atoms with Gasteiger partial charge in [-0.05, 0) is 13.8 Å². The molecule has 0 fully saturated rings. The first-order chi connectivity index (χ1) is 10.5. The highest BCUT2D eigenvalue weighted by molar-refractivity contribution is 7.13. The summed E-state index contributed by atoms with van der Waals surface area (Å²) in [7, 11) is 0. The summed E-state index contributed by atoms with van der Waals surface area (Å²) in [4.78, 5) is 21.0. The van der Waals surface area contributed by atoms with E-state index < -0.39 is 0 Å². The summed E-state index contributed by atoms with van der Waals surface area (Å²) in [5.41, 5.74) is 0. The molecule has 8 heteroatoms. The number of nitrogens with zero attached hydrogens (tertiary/aromatic N) is 3. The van der Waals surface area contributed by atoms with Gasteiger partial charge in [-0.25, -0.2) is 4.98 Å². The lowest BCUT2D eigenvalue weighted by molar-refractivity contribution is 0.0683. The zero-order chi connectivity index (χ0) is 16.1. The molecule has 1 N–H and O–H groups in total. The molecule has 2 rings (SSSR count). The maximum absolute atomic E-state index is 12.0. The first kappa shape index (κ1) is 16.6. The van der Waals surface area contributed by atoms with Crippen LogP contribution >= 0.6 is 11.3 Å². The molecular weight excluding hydrogens is 304 g/mol. The van der Waals surface area contributed by atoms with Gasteiger partial charge in [0.1, 0.15) is 11.0 Å². The van der Waals surface area contributed by atoms with Crippen LogP contribution in [0.3, 0.4) is 0 Å². The lowest BCUT2D eigenvalue weighted by Gasteiger charge is -2.04. The number of ether oxygens (including phenoxy) is 1. The minimum atomic E-state index is -0.228. The number of amides is 1. The third kappa shape index (κ3) is 4.11. The van der Waals surface area contributed by atoms with E-state index in [0.717, 1.165) is 5.01 Å². The molecule has 0 aromatic carbocycles. The Morgan fingerprint density at radius 1 is 1.45 bits per heavy atom. The molecule has 1 atom stereocenters. The molecule has 0 aliphatic carbocycles. The minimum absolute atomic E-state index is 0.180. The van der Waals surface area contributed by atoms with Crippen LogP contribution in [0.2, 0.25) is 0 Å². The molecule has 0 saturated heterocycles. The summed E-state index contributed by atoms with van der Waals surface area (Å²) in [6, 6.07) is 0. The van der Waals surface area contributed by atoms with E-state index in [4.69, 9.17) is 9.26 Å². The fourth-order valence-electron chi connectivity index (χ4n) is 1.73. The van der Waals surface area contributed by atoms with Crippen molar-refractivity contribution in [1.82, 2.24) is 20.4 Å². The van der Waals surface area contributed by atoms with Crippen LogP contribution in [0.25, 0.3) is 0 Å². The van der Waals surface area contributed by atoms with Gasteiger partial charge in [0.05, 0.1) is 17.7 Å². The van der Waals surface area contributed by atoms with Crippen LogP contribution in [0.1, 0.15) is 66.1 Å². The molecule has 1 amide bonds. The predicted molar refractivity (Wildman–Crippen MR) is 81.7 cm³/mol. The standard InChI is InChI=1S/C14H20N4O3S/c1-5-20-9(4)12-17-11(21-18-12)7-15-13(19)10-6-16-14(22-10)8(2)3/h6,8-9H,5,7H2,1-4H3,(H,15,19)/t9-/m1/s1. The molecule has 0 radical (unpaired) electrons. The van der Waals surface area contributed by atoms with Gasteiger partial charge in [-0.3, -0.25) is 4.79 Å². The number of thiazole rings is 1. The second-order valence-corrected chi connectivity index (χ2v) is 6.11. The summed E-state index contributed by atoms with van der Waals surface area (Å²) < 4.78 is 10.5. The van der Waals surface area contributed by atoms with Gasteiger partial charge in [0.2, 0.25) is 5.89 Å². The van der Waals surface area contributed by atoms with Gasteiger partial charge >= 0.3 is 0 Å². The summed E-state index contributed by atoms with van der Waals surface area (Å²) in [6.45, 7) is 8.59. The van der Waals surface area contributed by atoms with Crippen molar-refractivity contribution in [1.29, 1.82) is 0 Å². The topological polar surface area (TPSA) is 90.1 Å². The highest BCUT2D eigenvalue weighted by Gasteiger charge is 2.16. The Balaban J connectivity index is 1.90. The second-order valence-electron chi connectivity index (χ2n) is 5.04. The average molecular weight is 324 g/mol. The zero-order valence-corrected chi connectivity index (χ0v) is 13.9. The molecule has 0 aliphatic rings. The fourth-order valence-corrected chi connectivity index (χ4v) is 2.57. The van der Waals surface area contributed by atoms with Crippen LogP contribution < -0.4 is 5.32 Å². The Labute approximate surface area is 133 Å². The molecule has 0 unspecified atom stereocenters. The van der Waals surface area contributed by atoms with Crippen LogP contribution in [0.5, 0.6) is 0 Å². The van der Waals surface area contributed by atoms with Crippen LogP contribution in [-0.4, -0.2) is 27.6 Å². The predicted octanol–water partition coefficient (Wildman–Crippen LogP) is 2.68. The van der Waals surface area contributed by atoms with E-state index in [0.29, 0.717) is 29.1 Å². The Morgan fingerprint density at radius 2 is 2.23 bits per heavy atom. The van der Waals surface area contributed by atoms with E-state index in [2.05, 4.69) is 20.4 Å². The molecule has 120 valence electrons. The van der Waals surface area contributed by atoms with Crippen molar-refractivity contribution in [2.24, 2.45) is 0 Å². The van der Waals surface area contributed by atoms with Gasteiger partial charge in [-0.2, -0.15) is 4.98 Å². The molecule has 0 bridgehead atoms. The number of nitrogens with one attached hydrogen (secondary N) is 1. The summed E-state index contributed by atoms with van der Waals surface area (Å²) in [6.07, 6.45) is 1.36. The van der Waals surface area contributed by atoms with E-state index in [1.807, 2.05) is 27.7 Å². The van der Waals surface area contributed by atoms with Crippen molar-refractivity contribution < 1.29 is 14.1 Å². The maximum Gasteiger partial charge on any atom is 0.263 e. The number of carbonyl (C=O) groups is 1. The Kier molecular flexibility index (Phi) is 5.62. The smallest absolute Gasteiger partial charge is 0.263 e. The Bertz CT molecular complexity index is 623. The average Bonchev–Trinajstić information content (AvgIpc) is 3.14. The van der Waals surface area contributed by atoms with E-state index in [-0.39, 0.29) is 18.6 Å². The highest BCUT2D eigenvalue weighted by Crippen LogP contribution is 2.21. The van der Waals surface area contributed by atoms with Gasteiger partial charge in [-0.1, -0.05) is 19.0 Å². The van der Waals surface area contributed by atoms with Gasteiger partial charge in [0.25, 0.3) is 5.91 Å². The maximum atomic E-state index is 12.0. The molecule has 2 aromatic heterocycles. The Hall–Kier alpha value is -1.80. The number of hydrogen-bond acceptors (Lipinski definition) is 7. The molecule has 7 nitrogen and oxygen atoms in total. The highest BCUT2D eigenvalue weighted by atomic mass is 32.1. The molecule has 22 heavy (non-hydrogen) atoms. The first-order valence-electron chi connectivity index (χ1n) is 7.19. The molecule has 0 spiro atoms. The Morgan fingerprint density at radius 3 is 2.86 bits per heavy atom. The van der Waals surface area contributed by atoms with Gasteiger partial charge in [-0.15, -0.1) is 11.3 Å². The third-order valence-corrected chi connectivity index (χ3v) is 4.20. The SMILES string of the molecule is CCO[C@H](C)c1noc(CNC(=O)c2cnc(C(C)C)s2)n1. The minimum Gasteiger partial charge on any atom is -0.371 e. The van der Waals surface area contributed by atoms with Crippen molar-refractivity contribution in [3.63, 3.8) is 0 Å². The monoisotopic (exact) mass is 324 g/mol. The van der Waals surface area contributed by atoms with Crippen LogP contribution in [0.4, 0.5) is 0 Å². The van der Waals surface area contributed by atoms with Crippen molar-refractivity contribution in [3.8, 4) is 0 Å². The van der Waals surface area contributed by atoms with Crippen molar-refractivity contribution in [2.75, 3.05) is 6.61 Å². The van der Waals surface area contributed by atoms with Gasteiger partial charge in [0.15, 0.2) is 5.82 Å². The normalized spacial score (nSPS) is 12.6. The van der Waals surface area contributed by atoms with E-state index in [1.165, 1.54) is 11.3 Å². The first-order valence-corrected chi connectivity index (χ1v) is 8.00. The zero-order valence-electron chi connectivity index (χ0n) is 13.1. The fraction of sp³-hybridized carbons (Fsp3) is 0.571. The van der Waals surface area contributed by atoms with E-state index >= 15 is 0 Å². The largest absolute Gasteiger partial charge is 0.371 e. The summed E-state index contributed by atoms with van der Waals surface area (Å²) in [5, 5.41) is 7.53. The van der Waals surface area contributed by atoms with Crippen molar-refractivity contribution in [2.45, 2.75) is 46.3 Å². The quantitative estimate of drug-likeness (QED) is 0.842. The van der Waals surface area contributed by atoms with Crippen molar-refractivity contribution >= 4 is 17.2 Å². The number of aromatic nitrogens is 3. The number of hydrogen-bond donors (Lipinski definition) is 1. The summed E-state index contributed by atoms with van der Waals surface area (Å²) in [5.74, 6) is 0.946. The van der Waals surface area contributed by atoms with Crippen LogP contribution in [-0.2, 0) is 11.3 Å². The molecular formula is C14H20N4O3S. The van der Waals surface area contributed by atoms with Crippen molar-refractivity contribution in [3.05, 3.63) is 27.8 Å². The third-order valence-electron chi connectivity index (χ3n) is 2.91. The second kappa shape index (κ2) is 7.46. The van der Waals surface area contributed by atoms with E-state index in [9.17, 15) is 4.79 Å². The molecule has 2 heterocycles. The lowest BCUT2D eigenvalue weighted by atomic mass is 10.2.